The number of aromatic nitrogens is 3. The molecule has 0 spiro atoms. The van der Waals surface area contributed by atoms with E-state index in [-0.39, 0.29) is 5.41 Å². The highest BCUT2D eigenvalue weighted by atomic mass is 32.2. The van der Waals surface area contributed by atoms with Gasteiger partial charge in [0.25, 0.3) is 0 Å². The lowest BCUT2D eigenvalue weighted by molar-refractivity contribution is 0.607. The molecule has 5 nitrogen and oxygen atoms in total. The Morgan fingerprint density at radius 3 is 1.72 bits per heavy atom. The molecule has 6 heteroatoms. The predicted molar refractivity (Wildman–Crippen MR) is 244 cm³/mol. The molecule has 0 fully saturated rings. The Morgan fingerprint density at radius 1 is 0.383 bits per heavy atom. The van der Waals surface area contributed by atoms with Crippen molar-refractivity contribution in [3.05, 3.63) is 187 Å². The van der Waals surface area contributed by atoms with Gasteiger partial charge in [-0.15, -0.1) is 0 Å². The number of furan rings is 2. The first-order valence-corrected chi connectivity index (χ1v) is 21.0. The van der Waals surface area contributed by atoms with Gasteiger partial charge in [0.1, 0.15) is 22.3 Å². The summed E-state index contributed by atoms with van der Waals surface area (Å²) in [5.74, 6) is 1.71. The van der Waals surface area contributed by atoms with Crippen LogP contribution in [0.2, 0.25) is 0 Å². The fourth-order valence-corrected chi connectivity index (χ4v) is 10.2. The minimum Gasteiger partial charge on any atom is -0.456 e. The van der Waals surface area contributed by atoms with Crippen molar-refractivity contribution < 1.29 is 8.83 Å². The van der Waals surface area contributed by atoms with Crippen LogP contribution >= 0.6 is 11.8 Å². The standard InChI is InChI=1S/C54H35N3O2S/c1-54(2)43-16-7-9-18-48(43)60-49-28-25-35(29-44(49)54)38-14-10-15-42-41-27-24-37(31-47(41)59-50(38)42)53-56-51(34-21-19-33(20-22-34)32-11-4-3-5-12-32)55-52(57-53)36-23-26-40-39-13-6-8-17-45(39)58-46(40)30-36/h3-31H,1-2H3. The molecular weight excluding hydrogens is 755 g/mol. The van der Waals surface area contributed by atoms with E-state index < -0.39 is 0 Å². The summed E-state index contributed by atoms with van der Waals surface area (Å²) in [6.07, 6.45) is 0. The van der Waals surface area contributed by atoms with Crippen LogP contribution in [0.3, 0.4) is 0 Å². The topological polar surface area (TPSA) is 65.0 Å². The molecule has 3 aromatic heterocycles. The molecular formula is C54H35N3O2S. The van der Waals surface area contributed by atoms with Gasteiger partial charge in [-0.05, 0) is 76.3 Å². The van der Waals surface area contributed by atoms with Crippen LogP contribution in [0.5, 0.6) is 0 Å². The number of nitrogens with zero attached hydrogens (tertiary/aromatic N) is 3. The highest BCUT2D eigenvalue weighted by Crippen LogP contribution is 2.50. The molecule has 284 valence electrons. The van der Waals surface area contributed by atoms with Crippen molar-refractivity contribution in [2.24, 2.45) is 0 Å². The van der Waals surface area contributed by atoms with Crippen molar-refractivity contribution in [2.45, 2.75) is 29.1 Å². The van der Waals surface area contributed by atoms with E-state index >= 15 is 0 Å². The van der Waals surface area contributed by atoms with Crippen molar-refractivity contribution in [3.63, 3.8) is 0 Å². The molecule has 11 aromatic rings. The number of benzene rings is 8. The number of hydrogen-bond acceptors (Lipinski definition) is 6. The predicted octanol–water partition coefficient (Wildman–Crippen LogP) is 14.8. The zero-order valence-corrected chi connectivity index (χ0v) is 33.6. The van der Waals surface area contributed by atoms with Gasteiger partial charge in [-0.3, -0.25) is 0 Å². The molecule has 8 aromatic carbocycles. The first-order chi connectivity index (χ1) is 29.4. The van der Waals surface area contributed by atoms with Crippen LogP contribution in [-0.2, 0) is 5.41 Å². The Morgan fingerprint density at radius 2 is 0.933 bits per heavy atom. The molecule has 0 N–H and O–H groups in total. The second-order valence-electron chi connectivity index (χ2n) is 16.0. The third kappa shape index (κ3) is 5.59. The summed E-state index contributed by atoms with van der Waals surface area (Å²) in [6.45, 7) is 4.65. The first kappa shape index (κ1) is 34.7. The van der Waals surface area contributed by atoms with Crippen LogP contribution in [0.25, 0.3) is 100 Å². The number of rotatable bonds is 5. The van der Waals surface area contributed by atoms with Gasteiger partial charge in [0, 0.05) is 59.0 Å². The van der Waals surface area contributed by atoms with E-state index in [1.54, 1.807) is 0 Å². The average Bonchev–Trinajstić information content (AvgIpc) is 3.87. The summed E-state index contributed by atoms with van der Waals surface area (Å²) in [5.41, 5.74) is 12.9. The van der Waals surface area contributed by atoms with E-state index in [4.69, 9.17) is 23.8 Å². The van der Waals surface area contributed by atoms with Gasteiger partial charge in [-0.1, -0.05) is 153 Å². The molecule has 4 heterocycles. The summed E-state index contributed by atoms with van der Waals surface area (Å²) < 4.78 is 13.1. The van der Waals surface area contributed by atoms with E-state index in [9.17, 15) is 0 Å². The van der Waals surface area contributed by atoms with Crippen molar-refractivity contribution in [1.82, 2.24) is 15.0 Å². The van der Waals surface area contributed by atoms with Crippen LogP contribution in [0.1, 0.15) is 25.0 Å². The largest absolute Gasteiger partial charge is 0.456 e. The molecule has 0 saturated carbocycles. The Balaban J connectivity index is 0.975. The second kappa shape index (κ2) is 13.4. The monoisotopic (exact) mass is 789 g/mol. The summed E-state index contributed by atoms with van der Waals surface area (Å²) in [6, 6.07) is 61.4. The number of hydrogen-bond donors (Lipinski definition) is 0. The maximum absolute atomic E-state index is 6.83. The van der Waals surface area contributed by atoms with Gasteiger partial charge in [0.2, 0.25) is 0 Å². The minimum absolute atomic E-state index is 0.131. The van der Waals surface area contributed by atoms with Crippen molar-refractivity contribution in [3.8, 4) is 56.4 Å². The Kier molecular flexibility index (Phi) is 7.75. The third-order valence-corrected chi connectivity index (χ3v) is 13.2. The van der Waals surface area contributed by atoms with Gasteiger partial charge < -0.3 is 8.83 Å². The maximum atomic E-state index is 6.83. The molecule has 0 saturated heterocycles. The molecule has 12 rings (SSSR count). The lowest BCUT2D eigenvalue weighted by Gasteiger charge is -2.34. The normalized spacial score (nSPS) is 13.2. The summed E-state index contributed by atoms with van der Waals surface area (Å²) in [7, 11) is 0. The van der Waals surface area contributed by atoms with Gasteiger partial charge in [-0.2, -0.15) is 0 Å². The van der Waals surface area contributed by atoms with Gasteiger partial charge in [-0.25, -0.2) is 15.0 Å². The molecule has 0 bridgehead atoms. The molecule has 1 aliphatic heterocycles. The second-order valence-corrected chi connectivity index (χ2v) is 17.1. The fourth-order valence-electron chi connectivity index (χ4n) is 8.85. The third-order valence-electron chi connectivity index (χ3n) is 12.0. The van der Waals surface area contributed by atoms with Crippen LogP contribution < -0.4 is 0 Å². The molecule has 0 atom stereocenters. The summed E-state index contributed by atoms with van der Waals surface area (Å²) in [4.78, 5) is 17.9. The van der Waals surface area contributed by atoms with Crippen molar-refractivity contribution in [1.29, 1.82) is 0 Å². The molecule has 1 aliphatic rings. The van der Waals surface area contributed by atoms with Gasteiger partial charge in [0.05, 0.1) is 0 Å². The summed E-state index contributed by atoms with van der Waals surface area (Å²) >= 11 is 1.85. The summed E-state index contributed by atoms with van der Waals surface area (Å²) in [5, 5.41) is 4.25. The van der Waals surface area contributed by atoms with Crippen molar-refractivity contribution in [2.75, 3.05) is 0 Å². The van der Waals surface area contributed by atoms with E-state index in [1.807, 2.05) is 42.1 Å². The number of fused-ring (bicyclic) bond motifs is 8. The van der Waals surface area contributed by atoms with E-state index in [0.29, 0.717) is 17.5 Å². The van der Waals surface area contributed by atoms with Crippen LogP contribution in [0.4, 0.5) is 0 Å². The van der Waals surface area contributed by atoms with E-state index in [2.05, 4.69) is 159 Å². The van der Waals surface area contributed by atoms with Gasteiger partial charge in [0.15, 0.2) is 17.5 Å². The Bertz CT molecular complexity index is 3490. The lowest BCUT2D eigenvalue weighted by atomic mass is 9.77. The first-order valence-electron chi connectivity index (χ1n) is 20.2. The molecule has 0 aliphatic carbocycles. The SMILES string of the molecule is CC1(C)c2ccccc2Sc2ccc(-c3cccc4c3oc3cc(-c5nc(-c6ccc(-c7ccccc7)cc6)nc(-c6ccc7c(c6)oc6ccccc67)n5)ccc34)cc21. The highest BCUT2D eigenvalue weighted by molar-refractivity contribution is 7.99. The van der Waals surface area contributed by atoms with E-state index in [0.717, 1.165) is 82.8 Å². The smallest absolute Gasteiger partial charge is 0.164 e. The molecule has 0 amide bonds. The average molecular weight is 790 g/mol. The Hall–Kier alpha value is -7.28. The quantitative estimate of drug-likeness (QED) is 0.173. The zero-order chi connectivity index (χ0) is 40.0. The van der Waals surface area contributed by atoms with Crippen LogP contribution in [0, 0.1) is 0 Å². The van der Waals surface area contributed by atoms with Crippen LogP contribution in [0.15, 0.2) is 195 Å². The van der Waals surface area contributed by atoms with Crippen molar-refractivity contribution >= 4 is 55.6 Å². The highest BCUT2D eigenvalue weighted by Gasteiger charge is 2.33. The van der Waals surface area contributed by atoms with Crippen LogP contribution in [-0.4, -0.2) is 15.0 Å². The minimum atomic E-state index is -0.131. The zero-order valence-electron chi connectivity index (χ0n) is 32.8. The molecule has 60 heavy (non-hydrogen) atoms. The van der Waals surface area contributed by atoms with E-state index in [1.165, 1.54) is 20.9 Å². The maximum Gasteiger partial charge on any atom is 0.164 e. The molecule has 0 unspecified atom stereocenters. The van der Waals surface area contributed by atoms with Gasteiger partial charge >= 0.3 is 0 Å². The lowest BCUT2D eigenvalue weighted by Crippen LogP contribution is -2.23. The fraction of sp³-hybridized carbons (Fsp3) is 0.0556. The number of para-hydroxylation sites is 2. The Labute approximate surface area is 350 Å². The molecule has 0 radical (unpaired) electrons.